The van der Waals surface area contributed by atoms with Gasteiger partial charge in [0.05, 0.1) is 6.10 Å². The molecule has 0 saturated carbocycles. The minimum Gasteiger partial charge on any atom is -0.504 e. The van der Waals surface area contributed by atoms with Gasteiger partial charge in [-0.1, -0.05) is 6.07 Å². The zero-order valence-electron chi connectivity index (χ0n) is 17.2. The number of nitrogens with zero attached hydrogens (tertiary/aromatic N) is 1. The van der Waals surface area contributed by atoms with Gasteiger partial charge >= 0.3 is 5.97 Å². The minimum absolute atomic E-state index is 0.0193. The van der Waals surface area contributed by atoms with Crippen molar-refractivity contribution in [2.75, 3.05) is 6.54 Å². The van der Waals surface area contributed by atoms with Crippen LogP contribution in [0.2, 0.25) is 0 Å². The van der Waals surface area contributed by atoms with Gasteiger partial charge < -0.3 is 39.9 Å². The van der Waals surface area contributed by atoms with Crippen LogP contribution in [0.15, 0.2) is 23.8 Å². The number of benzene rings is 1. The second-order valence-corrected chi connectivity index (χ2v) is 7.86. The molecule has 0 aromatic heterocycles. The molecule has 1 aromatic rings. The van der Waals surface area contributed by atoms with E-state index in [4.69, 9.17) is 9.47 Å². The Labute approximate surface area is 178 Å². The van der Waals surface area contributed by atoms with Gasteiger partial charge in [-0.2, -0.15) is 0 Å². The number of aromatic hydroxyl groups is 1. The molecule has 2 aliphatic rings. The molecule has 5 N–H and O–H groups in total. The van der Waals surface area contributed by atoms with E-state index >= 15 is 0 Å². The van der Waals surface area contributed by atoms with Crippen molar-refractivity contribution in [3.63, 3.8) is 0 Å². The predicted molar refractivity (Wildman–Crippen MR) is 107 cm³/mol. The Bertz CT molecular complexity index is 868. The monoisotopic (exact) mass is 437 g/mol. The van der Waals surface area contributed by atoms with Crippen molar-refractivity contribution in [1.82, 2.24) is 4.90 Å². The molecule has 1 amide bonds. The quantitative estimate of drug-likeness (QED) is 0.389. The maximum absolute atomic E-state index is 12.6. The number of amides is 1. The van der Waals surface area contributed by atoms with Gasteiger partial charge in [-0.3, -0.25) is 4.79 Å². The maximum atomic E-state index is 12.6. The number of hydrogen-bond donors (Lipinski definition) is 5. The van der Waals surface area contributed by atoms with E-state index in [9.17, 15) is 35.1 Å². The molecule has 170 valence electrons. The standard InChI is InChI=1S/C21H27NO9/c1-10(19(27)22-7-3-4-13(22)20(28)29)8-12-5-6-15(14(24)9-12)30-21-17(26)16(25)18(31-21)11(2)23/h5-6,8-9,11,13,16-18,21,23-26H,3-4,7H2,1-2H3,(H,28,29)/b10-8+/t11-,13-,16-,17-,18+,21+/m0/s1. The normalized spacial score (nSPS) is 29.8. The van der Waals surface area contributed by atoms with Gasteiger partial charge in [0.15, 0.2) is 11.5 Å². The number of likely N-dealkylation sites (tertiary alicyclic amines) is 1. The van der Waals surface area contributed by atoms with E-state index < -0.39 is 42.7 Å². The van der Waals surface area contributed by atoms with Crippen molar-refractivity contribution < 1.29 is 44.6 Å². The highest BCUT2D eigenvalue weighted by molar-refractivity contribution is 5.99. The van der Waals surface area contributed by atoms with Crippen LogP contribution < -0.4 is 4.74 Å². The van der Waals surface area contributed by atoms with Crippen molar-refractivity contribution in [3.8, 4) is 11.5 Å². The lowest BCUT2D eigenvalue weighted by Crippen LogP contribution is -2.40. The van der Waals surface area contributed by atoms with Crippen molar-refractivity contribution in [1.29, 1.82) is 0 Å². The first-order valence-corrected chi connectivity index (χ1v) is 10.0. The average Bonchev–Trinajstić information content (AvgIpc) is 3.30. The highest BCUT2D eigenvalue weighted by Crippen LogP contribution is 2.33. The Morgan fingerprint density at radius 1 is 1.29 bits per heavy atom. The molecular formula is C21H27NO9. The predicted octanol–water partition coefficient (Wildman–Crippen LogP) is 0.0774. The summed E-state index contributed by atoms with van der Waals surface area (Å²) < 4.78 is 10.8. The number of aliphatic hydroxyl groups is 3. The third kappa shape index (κ3) is 4.82. The smallest absolute Gasteiger partial charge is 0.326 e. The number of aliphatic hydroxyl groups excluding tert-OH is 3. The number of phenolic OH excluding ortho intramolecular Hbond substituents is 1. The van der Waals surface area contributed by atoms with Crippen LogP contribution in [-0.2, 0) is 14.3 Å². The zero-order chi connectivity index (χ0) is 22.9. The lowest BCUT2D eigenvalue weighted by Gasteiger charge is -2.21. The zero-order valence-corrected chi connectivity index (χ0v) is 17.2. The van der Waals surface area contributed by atoms with Crippen LogP contribution in [0.4, 0.5) is 0 Å². The topological polar surface area (TPSA) is 157 Å². The molecule has 0 unspecified atom stereocenters. The Balaban J connectivity index is 1.70. The van der Waals surface area contributed by atoms with Crippen LogP contribution >= 0.6 is 0 Å². The number of phenols is 1. The van der Waals surface area contributed by atoms with Crippen LogP contribution in [0, 0.1) is 0 Å². The van der Waals surface area contributed by atoms with Gasteiger partial charge in [-0.05, 0) is 50.5 Å². The molecule has 0 aliphatic carbocycles. The molecular weight excluding hydrogens is 410 g/mol. The first kappa shape index (κ1) is 23.0. The molecule has 10 heteroatoms. The molecule has 0 radical (unpaired) electrons. The van der Waals surface area contributed by atoms with Crippen LogP contribution in [0.25, 0.3) is 6.08 Å². The highest BCUT2D eigenvalue weighted by atomic mass is 16.7. The van der Waals surface area contributed by atoms with E-state index in [1.165, 1.54) is 30.0 Å². The number of ether oxygens (including phenoxy) is 2. The number of aliphatic carboxylic acids is 1. The summed E-state index contributed by atoms with van der Waals surface area (Å²) in [4.78, 5) is 25.2. The summed E-state index contributed by atoms with van der Waals surface area (Å²) in [5, 5.41) is 49.1. The fraction of sp³-hybridized carbons (Fsp3) is 0.524. The van der Waals surface area contributed by atoms with E-state index in [2.05, 4.69) is 0 Å². The van der Waals surface area contributed by atoms with Gasteiger partial charge in [-0.25, -0.2) is 4.79 Å². The van der Waals surface area contributed by atoms with E-state index in [1.807, 2.05) is 0 Å². The van der Waals surface area contributed by atoms with Gasteiger partial charge in [0, 0.05) is 12.1 Å². The Morgan fingerprint density at radius 3 is 2.58 bits per heavy atom. The second kappa shape index (κ2) is 9.23. The van der Waals surface area contributed by atoms with E-state index in [-0.39, 0.29) is 17.4 Å². The first-order chi connectivity index (χ1) is 14.6. The largest absolute Gasteiger partial charge is 0.504 e. The van der Waals surface area contributed by atoms with Crippen molar-refractivity contribution in [2.45, 2.75) is 63.4 Å². The SMILES string of the molecule is C/C(=C\c1ccc(O[C@@H]2O[C@H]([C@H](C)O)[C@@H](O)[C@@H]2O)c(O)c1)C(=O)N1CCC[C@H]1C(=O)O. The van der Waals surface area contributed by atoms with E-state index in [0.717, 1.165) is 0 Å². The number of carbonyl (C=O) groups excluding carboxylic acids is 1. The van der Waals surface area contributed by atoms with Crippen LogP contribution in [0.5, 0.6) is 11.5 Å². The summed E-state index contributed by atoms with van der Waals surface area (Å²) in [6, 6.07) is 3.48. The number of rotatable bonds is 6. The molecule has 0 bridgehead atoms. The highest BCUT2D eigenvalue weighted by Gasteiger charge is 2.46. The average molecular weight is 437 g/mol. The molecule has 2 heterocycles. The minimum atomic E-state index is -1.42. The lowest BCUT2D eigenvalue weighted by atomic mass is 10.1. The van der Waals surface area contributed by atoms with Crippen molar-refractivity contribution in [3.05, 3.63) is 29.3 Å². The summed E-state index contributed by atoms with van der Waals surface area (Å²) in [5.41, 5.74) is 0.801. The van der Waals surface area contributed by atoms with Crippen LogP contribution in [0.3, 0.4) is 0 Å². The molecule has 3 rings (SSSR count). The summed E-state index contributed by atoms with van der Waals surface area (Å²) in [7, 11) is 0. The van der Waals surface area contributed by atoms with Gasteiger partial charge in [0.1, 0.15) is 24.4 Å². The third-order valence-corrected chi connectivity index (χ3v) is 5.48. The molecule has 2 fully saturated rings. The Morgan fingerprint density at radius 2 is 2.00 bits per heavy atom. The maximum Gasteiger partial charge on any atom is 0.326 e. The molecule has 6 atom stereocenters. The molecule has 2 aliphatic heterocycles. The third-order valence-electron chi connectivity index (χ3n) is 5.48. The van der Waals surface area contributed by atoms with Crippen LogP contribution in [0.1, 0.15) is 32.3 Å². The molecule has 0 spiro atoms. The van der Waals surface area contributed by atoms with Crippen molar-refractivity contribution >= 4 is 18.0 Å². The summed E-state index contributed by atoms with van der Waals surface area (Å²) in [6.45, 7) is 3.36. The summed E-state index contributed by atoms with van der Waals surface area (Å²) >= 11 is 0. The van der Waals surface area contributed by atoms with Crippen LogP contribution in [-0.4, -0.2) is 85.6 Å². The molecule has 1 aromatic carbocycles. The van der Waals surface area contributed by atoms with Gasteiger partial charge in [0.25, 0.3) is 0 Å². The number of carboxylic acids is 1. The molecule has 10 nitrogen and oxygen atoms in total. The number of carbonyl (C=O) groups is 2. The van der Waals surface area contributed by atoms with E-state index in [1.54, 1.807) is 13.0 Å². The summed E-state index contributed by atoms with van der Waals surface area (Å²) in [5.74, 6) is -1.72. The van der Waals surface area contributed by atoms with Gasteiger partial charge in [-0.15, -0.1) is 0 Å². The number of carboxylic acid groups (broad SMARTS) is 1. The first-order valence-electron chi connectivity index (χ1n) is 10.0. The fourth-order valence-electron chi connectivity index (χ4n) is 3.82. The summed E-state index contributed by atoms with van der Waals surface area (Å²) in [6.07, 6.45) is -3.53. The van der Waals surface area contributed by atoms with Crippen molar-refractivity contribution in [2.24, 2.45) is 0 Å². The number of hydrogen-bond acceptors (Lipinski definition) is 8. The molecule has 31 heavy (non-hydrogen) atoms. The fourth-order valence-corrected chi connectivity index (χ4v) is 3.82. The van der Waals surface area contributed by atoms with Gasteiger partial charge in [0.2, 0.25) is 12.2 Å². The Kier molecular flexibility index (Phi) is 6.85. The van der Waals surface area contributed by atoms with E-state index in [0.29, 0.717) is 30.5 Å². The Hall–Kier alpha value is -2.66. The molecule has 2 saturated heterocycles. The second-order valence-electron chi connectivity index (χ2n) is 7.86. The lowest BCUT2D eigenvalue weighted by molar-refractivity contribution is -0.146.